The number of aromatic amines is 1. The lowest BCUT2D eigenvalue weighted by Gasteiger charge is -2.70. The standard InChI is InChI=1S/C13H10F3N3O/c14-13(15,16)12-3-11(4-12,5-12)9-8-7(1-2-17-9)18-6-19-10(8)20/h1-2,6H,3-5H2,(H,18,19,20). The molecule has 104 valence electrons. The van der Waals surface area contributed by atoms with Crippen molar-refractivity contribution in [2.75, 3.05) is 0 Å². The lowest BCUT2D eigenvalue weighted by Crippen LogP contribution is -2.70. The minimum Gasteiger partial charge on any atom is -0.313 e. The molecule has 0 aromatic carbocycles. The molecule has 2 aromatic rings. The SMILES string of the molecule is O=c1[nH]cnc2ccnc(C34CC(C(F)(F)F)(C3)C4)c12. The Balaban J connectivity index is 1.82. The number of aromatic nitrogens is 3. The summed E-state index contributed by atoms with van der Waals surface area (Å²) in [6.07, 6.45) is -1.28. The Morgan fingerprint density at radius 2 is 1.90 bits per heavy atom. The summed E-state index contributed by atoms with van der Waals surface area (Å²) in [7, 11) is 0. The van der Waals surface area contributed by atoms with E-state index in [1.165, 1.54) is 12.5 Å². The highest BCUT2D eigenvalue weighted by Crippen LogP contribution is 2.78. The van der Waals surface area contributed by atoms with E-state index in [9.17, 15) is 18.0 Å². The first kappa shape index (κ1) is 11.9. The Hall–Kier alpha value is -1.92. The van der Waals surface area contributed by atoms with Crippen LogP contribution in [0.2, 0.25) is 0 Å². The number of hydrogen-bond acceptors (Lipinski definition) is 3. The molecular formula is C13H10F3N3O. The second-order valence-corrected chi connectivity index (χ2v) is 5.87. The number of pyridine rings is 1. The first-order chi connectivity index (χ1) is 9.37. The summed E-state index contributed by atoms with van der Waals surface area (Å²) in [6, 6.07) is 1.60. The molecule has 5 rings (SSSR count). The number of nitrogens with one attached hydrogen (secondary N) is 1. The van der Waals surface area contributed by atoms with E-state index >= 15 is 0 Å². The summed E-state index contributed by atoms with van der Waals surface area (Å²) in [5, 5.41) is 0.325. The molecule has 2 heterocycles. The van der Waals surface area contributed by atoms with Gasteiger partial charge in [0, 0.05) is 11.6 Å². The van der Waals surface area contributed by atoms with Crippen LogP contribution in [-0.4, -0.2) is 21.1 Å². The van der Waals surface area contributed by atoms with Crippen molar-refractivity contribution < 1.29 is 13.2 Å². The van der Waals surface area contributed by atoms with Crippen molar-refractivity contribution in [2.24, 2.45) is 5.41 Å². The number of alkyl halides is 3. The number of halogens is 3. The van der Waals surface area contributed by atoms with E-state index in [4.69, 9.17) is 0 Å². The second-order valence-electron chi connectivity index (χ2n) is 5.87. The van der Waals surface area contributed by atoms with Crippen molar-refractivity contribution in [1.29, 1.82) is 0 Å². The number of nitrogens with zero attached hydrogens (tertiary/aromatic N) is 2. The van der Waals surface area contributed by atoms with Gasteiger partial charge in [0.05, 0.1) is 28.3 Å². The molecule has 1 N–H and O–H groups in total. The first-order valence-electron chi connectivity index (χ1n) is 6.27. The number of fused-ring (bicyclic) bond motifs is 1. The minimum absolute atomic E-state index is 0.0317. The highest BCUT2D eigenvalue weighted by molar-refractivity contribution is 5.81. The van der Waals surface area contributed by atoms with Gasteiger partial charge >= 0.3 is 6.18 Å². The third-order valence-corrected chi connectivity index (χ3v) is 4.69. The van der Waals surface area contributed by atoms with Gasteiger partial charge in [0.25, 0.3) is 5.56 Å². The first-order valence-corrected chi connectivity index (χ1v) is 6.27. The van der Waals surface area contributed by atoms with Gasteiger partial charge in [-0.1, -0.05) is 0 Å². The number of rotatable bonds is 1. The van der Waals surface area contributed by atoms with Crippen LogP contribution in [0.15, 0.2) is 23.4 Å². The van der Waals surface area contributed by atoms with E-state index < -0.39 is 17.0 Å². The van der Waals surface area contributed by atoms with Crippen molar-refractivity contribution in [2.45, 2.75) is 30.9 Å². The highest BCUT2D eigenvalue weighted by atomic mass is 19.4. The van der Waals surface area contributed by atoms with Gasteiger partial charge in [0.15, 0.2) is 0 Å². The number of H-pyrrole nitrogens is 1. The quantitative estimate of drug-likeness (QED) is 0.872. The van der Waals surface area contributed by atoms with Gasteiger partial charge in [-0.05, 0) is 25.3 Å². The molecule has 3 aliphatic rings. The van der Waals surface area contributed by atoms with E-state index in [0.29, 0.717) is 16.6 Å². The van der Waals surface area contributed by atoms with Crippen LogP contribution in [0.5, 0.6) is 0 Å². The van der Waals surface area contributed by atoms with Crippen molar-refractivity contribution in [3.8, 4) is 0 Å². The van der Waals surface area contributed by atoms with Gasteiger partial charge in [-0.15, -0.1) is 0 Å². The van der Waals surface area contributed by atoms with Crippen LogP contribution in [0, 0.1) is 5.41 Å². The maximum Gasteiger partial charge on any atom is 0.394 e. The zero-order chi connectivity index (χ0) is 14.2. The molecule has 0 saturated heterocycles. The maximum absolute atomic E-state index is 12.9. The van der Waals surface area contributed by atoms with E-state index in [1.54, 1.807) is 6.07 Å². The highest BCUT2D eigenvalue weighted by Gasteiger charge is 2.79. The van der Waals surface area contributed by atoms with E-state index in [-0.39, 0.29) is 24.8 Å². The van der Waals surface area contributed by atoms with Gasteiger partial charge in [0.1, 0.15) is 0 Å². The van der Waals surface area contributed by atoms with Crippen LogP contribution in [0.1, 0.15) is 25.0 Å². The Kier molecular flexibility index (Phi) is 1.91. The second kappa shape index (κ2) is 3.21. The molecule has 0 amide bonds. The van der Waals surface area contributed by atoms with Gasteiger partial charge in [0.2, 0.25) is 0 Å². The maximum atomic E-state index is 12.9. The lowest BCUT2D eigenvalue weighted by atomic mass is 9.33. The monoisotopic (exact) mass is 281 g/mol. The van der Waals surface area contributed by atoms with E-state index in [2.05, 4.69) is 15.0 Å². The Morgan fingerprint density at radius 3 is 2.55 bits per heavy atom. The van der Waals surface area contributed by atoms with Gasteiger partial charge in [-0.25, -0.2) is 4.98 Å². The summed E-state index contributed by atoms with van der Waals surface area (Å²) in [4.78, 5) is 22.6. The van der Waals surface area contributed by atoms with Crippen LogP contribution in [0.3, 0.4) is 0 Å². The molecule has 0 atom stereocenters. The van der Waals surface area contributed by atoms with Crippen LogP contribution >= 0.6 is 0 Å². The molecule has 3 fully saturated rings. The topological polar surface area (TPSA) is 58.6 Å². The molecule has 20 heavy (non-hydrogen) atoms. The molecule has 2 aromatic heterocycles. The predicted octanol–water partition coefficient (Wildman–Crippen LogP) is 2.30. The summed E-state index contributed by atoms with van der Waals surface area (Å²) < 4.78 is 38.7. The Morgan fingerprint density at radius 1 is 1.20 bits per heavy atom. The van der Waals surface area contributed by atoms with Crippen LogP contribution in [0.25, 0.3) is 10.9 Å². The van der Waals surface area contributed by atoms with Gasteiger partial charge in [-0.3, -0.25) is 9.78 Å². The average molecular weight is 281 g/mol. The molecule has 7 heteroatoms. The Bertz CT molecular complexity index is 755. The smallest absolute Gasteiger partial charge is 0.313 e. The molecule has 2 bridgehead atoms. The molecule has 0 spiro atoms. The third-order valence-electron chi connectivity index (χ3n) is 4.69. The zero-order valence-electron chi connectivity index (χ0n) is 10.3. The normalized spacial score (nSPS) is 31.8. The van der Waals surface area contributed by atoms with Crippen LogP contribution in [0.4, 0.5) is 13.2 Å². The summed E-state index contributed by atoms with van der Waals surface area (Å²) in [6.45, 7) is 0. The number of hydrogen-bond donors (Lipinski definition) is 1. The minimum atomic E-state index is -4.16. The third kappa shape index (κ3) is 1.21. The Labute approximate surface area is 111 Å². The lowest BCUT2D eigenvalue weighted by molar-refractivity contribution is -0.337. The predicted molar refractivity (Wildman–Crippen MR) is 64.2 cm³/mol. The summed E-state index contributed by atoms with van der Waals surface area (Å²) in [5.74, 6) is 0. The van der Waals surface area contributed by atoms with Crippen molar-refractivity contribution in [3.05, 3.63) is 34.6 Å². The fourth-order valence-electron chi connectivity index (χ4n) is 3.76. The molecule has 3 aliphatic carbocycles. The molecule has 0 aliphatic heterocycles. The van der Waals surface area contributed by atoms with Crippen molar-refractivity contribution in [3.63, 3.8) is 0 Å². The largest absolute Gasteiger partial charge is 0.394 e. The van der Waals surface area contributed by atoms with Gasteiger partial charge in [-0.2, -0.15) is 13.2 Å². The van der Waals surface area contributed by atoms with Crippen molar-refractivity contribution in [1.82, 2.24) is 15.0 Å². The van der Waals surface area contributed by atoms with Crippen LogP contribution < -0.4 is 5.56 Å². The molecule has 0 unspecified atom stereocenters. The molecular weight excluding hydrogens is 271 g/mol. The van der Waals surface area contributed by atoms with E-state index in [1.807, 2.05) is 0 Å². The van der Waals surface area contributed by atoms with Crippen molar-refractivity contribution >= 4 is 10.9 Å². The zero-order valence-corrected chi connectivity index (χ0v) is 10.3. The molecule has 4 nitrogen and oxygen atoms in total. The fraction of sp³-hybridized carbons (Fsp3) is 0.462. The summed E-state index contributed by atoms with van der Waals surface area (Å²) >= 11 is 0. The van der Waals surface area contributed by atoms with Crippen LogP contribution in [-0.2, 0) is 5.41 Å². The summed E-state index contributed by atoms with van der Waals surface area (Å²) in [5.41, 5.74) is -1.54. The van der Waals surface area contributed by atoms with E-state index in [0.717, 1.165) is 0 Å². The van der Waals surface area contributed by atoms with Gasteiger partial charge < -0.3 is 4.98 Å². The average Bonchev–Trinajstić information content (AvgIpc) is 2.23. The molecule has 3 saturated carbocycles. The fourth-order valence-corrected chi connectivity index (χ4v) is 3.76. The molecule has 0 radical (unpaired) electrons.